The Hall–Kier alpha value is -2.32. The molecule has 0 radical (unpaired) electrons. The van der Waals surface area contributed by atoms with E-state index in [-0.39, 0.29) is 25.7 Å². The molecule has 1 saturated heterocycles. The van der Waals surface area contributed by atoms with Gasteiger partial charge >= 0.3 is 5.97 Å². The lowest BCUT2D eigenvalue weighted by molar-refractivity contribution is -0.137. The van der Waals surface area contributed by atoms with E-state index in [0.29, 0.717) is 20.7 Å². The van der Waals surface area contributed by atoms with Crippen molar-refractivity contribution in [3.05, 3.63) is 40.8 Å². The molecule has 0 bridgehead atoms. The van der Waals surface area contributed by atoms with Crippen molar-refractivity contribution in [1.82, 2.24) is 4.90 Å². The normalized spacial score (nSPS) is 18.2. The summed E-state index contributed by atoms with van der Waals surface area (Å²) in [4.78, 5) is 24.6. The number of nitrogens with zero attached hydrogens (tertiary/aromatic N) is 1. The summed E-state index contributed by atoms with van der Waals surface area (Å²) in [5, 5.41) is 8.71. The van der Waals surface area contributed by atoms with Gasteiger partial charge in [-0.3, -0.25) is 14.5 Å². The second-order valence-electron chi connectivity index (χ2n) is 4.97. The number of hydrogen-bond acceptors (Lipinski definition) is 6. The molecular formula is C16H13NO5S2. The first-order valence-corrected chi connectivity index (χ1v) is 8.30. The van der Waals surface area contributed by atoms with Gasteiger partial charge in [0.25, 0.3) is 5.91 Å². The van der Waals surface area contributed by atoms with Gasteiger partial charge in [0, 0.05) is 6.54 Å². The Kier molecular flexibility index (Phi) is 4.86. The molecule has 1 amide bonds. The number of carbonyl (C=O) groups is 2. The monoisotopic (exact) mass is 363 g/mol. The van der Waals surface area contributed by atoms with Crippen LogP contribution in [0.15, 0.2) is 35.3 Å². The van der Waals surface area contributed by atoms with E-state index in [1.165, 1.54) is 16.7 Å². The van der Waals surface area contributed by atoms with Gasteiger partial charge in [0.2, 0.25) is 6.79 Å². The number of thiocarbonyl (C=S) groups is 1. The van der Waals surface area contributed by atoms with Gasteiger partial charge in [-0.05, 0) is 23.8 Å². The number of ether oxygens (including phenoxy) is 2. The fourth-order valence-corrected chi connectivity index (χ4v) is 3.44. The molecule has 2 aliphatic rings. The molecule has 0 aliphatic carbocycles. The zero-order chi connectivity index (χ0) is 17.1. The van der Waals surface area contributed by atoms with Crippen LogP contribution < -0.4 is 9.47 Å². The van der Waals surface area contributed by atoms with Gasteiger partial charge in [0.1, 0.15) is 4.32 Å². The van der Waals surface area contributed by atoms with Gasteiger partial charge in [-0.25, -0.2) is 0 Å². The zero-order valence-electron chi connectivity index (χ0n) is 12.4. The summed E-state index contributed by atoms with van der Waals surface area (Å²) in [5.41, 5.74) is 0.914. The fraction of sp³-hybridized carbons (Fsp3) is 0.188. The van der Waals surface area contributed by atoms with E-state index in [1.807, 2.05) is 24.3 Å². The van der Waals surface area contributed by atoms with Gasteiger partial charge in [0.05, 0.1) is 11.3 Å². The topological polar surface area (TPSA) is 76.1 Å². The Balaban J connectivity index is 1.67. The van der Waals surface area contributed by atoms with E-state index in [2.05, 4.69) is 0 Å². The summed E-state index contributed by atoms with van der Waals surface area (Å²) >= 11 is 6.29. The van der Waals surface area contributed by atoms with Crippen LogP contribution in [0.5, 0.6) is 11.5 Å². The number of thioether (sulfide) groups is 1. The highest BCUT2D eigenvalue weighted by atomic mass is 32.2. The van der Waals surface area contributed by atoms with Crippen LogP contribution in [-0.4, -0.2) is 39.5 Å². The van der Waals surface area contributed by atoms with Crippen molar-refractivity contribution in [2.24, 2.45) is 0 Å². The number of allylic oxidation sites excluding steroid dienone is 2. The van der Waals surface area contributed by atoms with Crippen molar-refractivity contribution in [3.63, 3.8) is 0 Å². The molecule has 0 unspecified atom stereocenters. The van der Waals surface area contributed by atoms with Gasteiger partial charge < -0.3 is 14.6 Å². The summed E-state index contributed by atoms with van der Waals surface area (Å²) in [6.07, 6.45) is 5.13. The average Bonchev–Trinajstić information content (AvgIpc) is 3.10. The van der Waals surface area contributed by atoms with Crippen molar-refractivity contribution < 1.29 is 24.2 Å². The largest absolute Gasteiger partial charge is 0.481 e. The first-order valence-electron chi connectivity index (χ1n) is 7.08. The van der Waals surface area contributed by atoms with Crippen molar-refractivity contribution in [2.45, 2.75) is 6.42 Å². The molecule has 124 valence electrons. The molecular weight excluding hydrogens is 350 g/mol. The van der Waals surface area contributed by atoms with E-state index in [4.69, 9.17) is 26.8 Å². The summed E-state index contributed by atoms with van der Waals surface area (Å²) in [5.74, 6) is 0.181. The number of rotatable bonds is 5. The van der Waals surface area contributed by atoms with Gasteiger partial charge in [-0.1, -0.05) is 42.2 Å². The lowest BCUT2D eigenvalue weighted by atomic mass is 10.2. The lowest BCUT2D eigenvalue weighted by Gasteiger charge is -2.12. The van der Waals surface area contributed by atoms with Crippen molar-refractivity contribution in [1.29, 1.82) is 0 Å². The minimum absolute atomic E-state index is 0.0865. The molecule has 24 heavy (non-hydrogen) atoms. The maximum absolute atomic E-state index is 12.2. The smallest absolute Gasteiger partial charge is 0.305 e. The Morgan fingerprint density at radius 3 is 2.96 bits per heavy atom. The number of hydrogen-bond donors (Lipinski definition) is 1. The number of carboxylic acid groups (broad SMARTS) is 1. The molecule has 8 heteroatoms. The molecule has 0 aromatic heterocycles. The highest BCUT2D eigenvalue weighted by molar-refractivity contribution is 8.26. The van der Waals surface area contributed by atoms with Crippen molar-refractivity contribution >= 4 is 46.3 Å². The first kappa shape index (κ1) is 16.5. The van der Waals surface area contributed by atoms with Crippen LogP contribution >= 0.6 is 24.0 Å². The van der Waals surface area contributed by atoms with E-state index < -0.39 is 5.97 Å². The molecule has 0 spiro atoms. The summed E-state index contributed by atoms with van der Waals surface area (Å²) in [6, 6.07) is 5.56. The van der Waals surface area contributed by atoms with E-state index >= 15 is 0 Å². The number of carboxylic acids is 1. The Bertz CT molecular complexity index is 772. The summed E-state index contributed by atoms with van der Waals surface area (Å²) in [6.45, 7) is 0.310. The predicted molar refractivity (Wildman–Crippen MR) is 93.8 cm³/mol. The molecule has 1 aromatic rings. The molecule has 6 nitrogen and oxygen atoms in total. The lowest BCUT2D eigenvalue weighted by Crippen LogP contribution is -2.30. The third kappa shape index (κ3) is 3.60. The van der Waals surface area contributed by atoms with E-state index in [0.717, 1.165) is 5.56 Å². The Labute approximate surface area is 147 Å². The zero-order valence-corrected chi connectivity index (χ0v) is 14.1. The highest BCUT2D eigenvalue weighted by Gasteiger charge is 2.31. The van der Waals surface area contributed by atoms with Crippen molar-refractivity contribution in [3.8, 4) is 11.5 Å². The minimum atomic E-state index is -0.962. The van der Waals surface area contributed by atoms with E-state index in [9.17, 15) is 9.59 Å². The van der Waals surface area contributed by atoms with Crippen LogP contribution in [0.2, 0.25) is 0 Å². The maximum atomic E-state index is 12.2. The van der Waals surface area contributed by atoms with Crippen LogP contribution in [0.1, 0.15) is 12.0 Å². The Morgan fingerprint density at radius 2 is 2.17 bits per heavy atom. The first-order chi connectivity index (χ1) is 11.5. The van der Waals surface area contributed by atoms with Crippen LogP contribution in [0, 0.1) is 0 Å². The maximum Gasteiger partial charge on any atom is 0.305 e. The molecule has 2 heterocycles. The van der Waals surface area contributed by atoms with Gasteiger partial charge in [-0.15, -0.1) is 0 Å². The SMILES string of the molecule is O=C(O)CCN1C(=O)C(=CC=Cc2ccc3c(c2)OCO3)SC1=S. The summed E-state index contributed by atoms with van der Waals surface area (Å²) in [7, 11) is 0. The van der Waals surface area contributed by atoms with Crippen molar-refractivity contribution in [2.75, 3.05) is 13.3 Å². The minimum Gasteiger partial charge on any atom is -0.481 e. The fourth-order valence-electron chi connectivity index (χ4n) is 2.18. The molecule has 1 fully saturated rings. The Morgan fingerprint density at radius 1 is 1.38 bits per heavy atom. The van der Waals surface area contributed by atoms with Gasteiger partial charge in [-0.2, -0.15) is 0 Å². The van der Waals surface area contributed by atoms with Gasteiger partial charge in [0.15, 0.2) is 11.5 Å². The molecule has 0 atom stereocenters. The predicted octanol–water partition coefficient (Wildman–Crippen LogP) is 2.65. The third-order valence-corrected chi connectivity index (χ3v) is 4.75. The van der Waals surface area contributed by atoms with E-state index in [1.54, 1.807) is 12.2 Å². The quantitative estimate of drug-likeness (QED) is 0.637. The molecule has 2 aliphatic heterocycles. The average molecular weight is 363 g/mol. The molecule has 3 rings (SSSR count). The number of benzene rings is 1. The van der Waals surface area contributed by atoms with Crippen LogP contribution in [0.25, 0.3) is 6.08 Å². The van der Waals surface area contributed by atoms with Crippen LogP contribution in [0.3, 0.4) is 0 Å². The number of carbonyl (C=O) groups excluding carboxylic acids is 1. The second kappa shape index (κ2) is 7.06. The number of fused-ring (bicyclic) bond motifs is 1. The highest BCUT2D eigenvalue weighted by Crippen LogP contribution is 2.33. The van der Waals surface area contributed by atoms with Crippen LogP contribution in [-0.2, 0) is 9.59 Å². The number of amides is 1. The summed E-state index contributed by atoms with van der Waals surface area (Å²) < 4.78 is 10.9. The third-order valence-electron chi connectivity index (χ3n) is 3.36. The van der Waals surface area contributed by atoms with Crippen LogP contribution in [0.4, 0.5) is 0 Å². The standard InChI is InChI=1S/C16H13NO5S2/c18-14(19)6-7-17-15(20)13(24-16(17)23)3-1-2-10-4-5-11-12(8-10)22-9-21-11/h1-5,8H,6-7,9H2,(H,18,19). The molecule has 1 N–H and O–H groups in total. The molecule has 1 aromatic carbocycles. The second-order valence-corrected chi connectivity index (χ2v) is 6.65. The molecule has 0 saturated carbocycles. The number of aliphatic carboxylic acids is 1.